The summed E-state index contributed by atoms with van der Waals surface area (Å²) in [6.45, 7) is 0.338. The number of carbonyl (C=O) groups excluding carboxylic acids is 1. The molecular weight excluding hydrogens is 120 g/mol. The van der Waals surface area contributed by atoms with Crippen LogP contribution in [0.4, 0.5) is 0 Å². The molecule has 6 N–H and O–H groups in total. The molecule has 0 fully saturated rings. The van der Waals surface area contributed by atoms with Gasteiger partial charge in [-0.05, 0) is 0 Å². The molecule has 0 aromatic rings. The van der Waals surface area contributed by atoms with E-state index in [-0.39, 0.29) is 12.4 Å². The number of guanidine groups is 1. The Morgan fingerprint density at radius 2 is 2.11 bits per heavy atom. The molecule has 0 heterocycles. The summed E-state index contributed by atoms with van der Waals surface area (Å²) in [6.07, 6.45) is 0.208. The van der Waals surface area contributed by atoms with Gasteiger partial charge < -0.3 is 16.8 Å². The third-order valence-corrected chi connectivity index (χ3v) is 0.687. The van der Waals surface area contributed by atoms with Gasteiger partial charge in [-0.1, -0.05) is 0 Å². The Kier molecular flexibility index (Phi) is 3.19. The maximum atomic E-state index is 10.1. The summed E-state index contributed by atoms with van der Waals surface area (Å²) in [6, 6.07) is 0. The lowest BCUT2D eigenvalue weighted by atomic mass is 10.4. The van der Waals surface area contributed by atoms with Gasteiger partial charge in [-0.25, -0.2) is 0 Å². The molecule has 0 saturated carbocycles. The van der Waals surface area contributed by atoms with Crippen molar-refractivity contribution in [2.24, 2.45) is 11.5 Å². The van der Waals surface area contributed by atoms with E-state index in [0.717, 1.165) is 0 Å². The van der Waals surface area contributed by atoms with Gasteiger partial charge in [0.05, 0.1) is 0 Å². The summed E-state index contributed by atoms with van der Waals surface area (Å²) in [5, 5.41) is 9.09. The Labute approximate surface area is 52.9 Å². The smallest absolute Gasteiger partial charge is 0.219 e. The van der Waals surface area contributed by atoms with Crippen LogP contribution in [-0.2, 0) is 4.79 Å². The molecule has 0 spiro atoms. The van der Waals surface area contributed by atoms with Crippen molar-refractivity contribution in [1.82, 2.24) is 5.32 Å². The topological polar surface area (TPSA) is 105 Å². The maximum Gasteiger partial charge on any atom is 0.219 e. The summed E-state index contributed by atoms with van der Waals surface area (Å²) in [5.74, 6) is -0.542. The predicted octanol–water partition coefficient (Wildman–Crippen LogP) is -1.66. The molecule has 0 atom stereocenters. The lowest BCUT2D eigenvalue weighted by Gasteiger charge is -1.98. The van der Waals surface area contributed by atoms with Gasteiger partial charge in [-0.3, -0.25) is 10.2 Å². The number of primary amides is 1. The standard InChI is InChI=1S/C4H10N4O/c5-3(9)1-2-8-4(6)7/h1-2H2,(H2,5,9)(H4,6,7,8). The summed E-state index contributed by atoms with van der Waals surface area (Å²) >= 11 is 0. The van der Waals surface area contributed by atoms with Crippen LogP contribution < -0.4 is 16.8 Å². The summed E-state index contributed by atoms with van der Waals surface area (Å²) < 4.78 is 0. The average molecular weight is 130 g/mol. The van der Waals surface area contributed by atoms with Crippen molar-refractivity contribution in [2.45, 2.75) is 6.42 Å². The first kappa shape index (κ1) is 7.74. The van der Waals surface area contributed by atoms with Gasteiger partial charge in [-0.2, -0.15) is 0 Å². The first-order chi connectivity index (χ1) is 4.13. The van der Waals surface area contributed by atoms with Crippen molar-refractivity contribution in [3.8, 4) is 0 Å². The minimum absolute atomic E-state index is 0.142. The monoisotopic (exact) mass is 130 g/mol. The van der Waals surface area contributed by atoms with Crippen molar-refractivity contribution in [3.05, 3.63) is 0 Å². The number of hydrogen-bond acceptors (Lipinski definition) is 2. The molecular formula is C4H10N4O. The Bertz CT molecular complexity index is 108. The number of hydrogen-bond donors (Lipinski definition) is 4. The van der Waals surface area contributed by atoms with Gasteiger partial charge >= 0.3 is 0 Å². The second-order valence-electron chi connectivity index (χ2n) is 1.56. The van der Waals surface area contributed by atoms with E-state index in [2.05, 4.69) is 5.32 Å². The molecule has 0 radical (unpaired) electrons. The highest BCUT2D eigenvalue weighted by molar-refractivity contribution is 5.77. The predicted molar refractivity (Wildman–Crippen MR) is 33.7 cm³/mol. The summed E-state index contributed by atoms with van der Waals surface area (Å²) in [7, 11) is 0. The van der Waals surface area contributed by atoms with Gasteiger partial charge in [0.15, 0.2) is 5.96 Å². The molecule has 0 bridgehead atoms. The molecule has 0 rings (SSSR count). The maximum absolute atomic E-state index is 10.1. The summed E-state index contributed by atoms with van der Waals surface area (Å²) in [5.41, 5.74) is 9.69. The zero-order valence-electron chi connectivity index (χ0n) is 4.98. The van der Waals surface area contributed by atoms with Gasteiger partial charge in [0.25, 0.3) is 0 Å². The largest absolute Gasteiger partial charge is 0.370 e. The van der Waals surface area contributed by atoms with Gasteiger partial charge in [-0.15, -0.1) is 0 Å². The summed E-state index contributed by atoms with van der Waals surface area (Å²) in [4.78, 5) is 10.1. The van der Waals surface area contributed by atoms with Gasteiger partial charge in [0.1, 0.15) is 0 Å². The van der Waals surface area contributed by atoms with Crippen LogP contribution in [0.1, 0.15) is 6.42 Å². The van der Waals surface area contributed by atoms with E-state index in [0.29, 0.717) is 6.54 Å². The highest BCUT2D eigenvalue weighted by Gasteiger charge is 1.91. The van der Waals surface area contributed by atoms with Crippen LogP contribution in [0.3, 0.4) is 0 Å². The molecule has 0 aliphatic heterocycles. The average Bonchev–Trinajstić information content (AvgIpc) is 1.63. The normalized spacial score (nSPS) is 8.44. The third-order valence-electron chi connectivity index (χ3n) is 0.687. The van der Waals surface area contributed by atoms with Crippen LogP contribution >= 0.6 is 0 Å². The number of carbonyl (C=O) groups is 1. The molecule has 5 heteroatoms. The van der Waals surface area contributed by atoms with Crippen LogP contribution in [0.5, 0.6) is 0 Å². The van der Waals surface area contributed by atoms with E-state index < -0.39 is 5.91 Å². The van der Waals surface area contributed by atoms with Crippen LogP contribution in [0.15, 0.2) is 0 Å². The van der Waals surface area contributed by atoms with Crippen molar-refractivity contribution in [2.75, 3.05) is 6.54 Å². The Morgan fingerprint density at radius 3 is 2.44 bits per heavy atom. The van der Waals surface area contributed by atoms with E-state index in [4.69, 9.17) is 16.9 Å². The Balaban J connectivity index is 3.10. The highest BCUT2D eigenvalue weighted by Crippen LogP contribution is 1.69. The molecule has 0 saturated heterocycles. The third kappa shape index (κ3) is 6.74. The van der Waals surface area contributed by atoms with E-state index >= 15 is 0 Å². The zero-order chi connectivity index (χ0) is 7.28. The molecule has 0 aromatic heterocycles. The lowest BCUT2D eigenvalue weighted by Crippen LogP contribution is -2.32. The van der Waals surface area contributed by atoms with Gasteiger partial charge in [0.2, 0.25) is 5.91 Å². The van der Waals surface area contributed by atoms with E-state index in [1.807, 2.05) is 0 Å². The molecule has 0 unspecified atom stereocenters. The minimum atomic E-state index is -0.399. The lowest BCUT2D eigenvalue weighted by molar-refractivity contribution is -0.117. The second-order valence-corrected chi connectivity index (χ2v) is 1.56. The molecule has 0 aromatic carbocycles. The SMILES string of the molecule is N=C(N)NCCC(N)=O. The molecule has 1 amide bonds. The highest BCUT2D eigenvalue weighted by atomic mass is 16.1. The van der Waals surface area contributed by atoms with Gasteiger partial charge in [0, 0.05) is 13.0 Å². The van der Waals surface area contributed by atoms with Crippen LogP contribution in [0.25, 0.3) is 0 Å². The molecule has 9 heavy (non-hydrogen) atoms. The van der Waals surface area contributed by atoms with Crippen LogP contribution in [0, 0.1) is 5.41 Å². The van der Waals surface area contributed by atoms with E-state index in [9.17, 15) is 4.79 Å². The number of amides is 1. The van der Waals surface area contributed by atoms with Crippen molar-refractivity contribution < 1.29 is 4.79 Å². The van der Waals surface area contributed by atoms with Crippen molar-refractivity contribution in [1.29, 1.82) is 5.41 Å². The van der Waals surface area contributed by atoms with Crippen molar-refractivity contribution >= 4 is 11.9 Å². The number of nitrogens with one attached hydrogen (secondary N) is 2. The van der Waals surface area contributed by atoms with Crippen LogP contribution in [-0.4, -0.2) is 18.4 Å². The first-order valence-corrected chi connectivity index (χ1v) is 2.49. The van der Waals surface area contributed by atoms with E-state index in [1.54, 1.807) is 0 Å². The Hall–Kier alpha value is -1.26. The fourth-order valence-electron chi connectivity index (χ4n) is 0.320. The number of rotatable bonds is 3. The Morgan fingerprint density at radius 1 is 1.56 bits per heavy atom. The minimum Gasteiger partial charge on any atom is -0.370 e. The fourth-order valence-corrected chi connectivity index (χ4v) is 0.320. The first-order valence-electron chi connectivity index (χ1n) is 2.49. The van der Waals surface area contributed by atoms with Crippen molar-refractivity contribution in [3.63, 3.8) is 0 Å². The second kappa shape index (κ2) is 3.71. The quantitative estimate of drug-likeness (QED) is 0.271. The molecule has 0 aliphatic carbocycles. The molecule has 52 valence electrons. The molecule has 0 aliphatic rings. The van der Waals surface area contributed by atoms with E-state index in [1.165, 1.54) is 0 Å². The number of nitrogens with two attached hydrogens (primary N) is 2. The molecule has 5 nitrogen and oxygen atoms in total. The zero-order valence-corrected chi connectivity index (χ0v) is 4.98. The van der Waals surface area contributed by atoms with Crippen LogP contribution in [0.2, 0.25) is 0 Å². The fraction of sp³-hybridized carbons (Fsp3) is 0.500.